The summed E-state index contributed by atoms with van der Waals surface area (Å²) in [4.78, 5) is 26.6. The van der Waals surface area contributed by atoms with E-state index in [1.165, 1.54) is 7.11 Å². The van der Waals surface area contributed by atoms with Gasteiger partial charge in [0.2, 0.25) is 11.9 Å². The highest BCUT2D eigenvalue weighted by Crippen LogP contribution is 2.17. The van der Waals surface area contributed by atoms with Gasteiger partial charge in [-0.1, -0.05) is 0 Å². The summed E-state index contributed by atoms with van der Waals surface area (Å²) >= 11 is 0. The summed E-state index contributed by atoms with van der Waals surface area (Å²) in [5, 5.41) is 0. The van der Waals surface area contributed by atoms with Gasteiger partial charge in [0.1, 0.15) is 5.75 Å². The van der Waals surface area contributed by atoms with E-state index in [1.807, 2.05) is 0 Å². The molecule has 0 spiro atoms. The van der Waals surface area contributed by atoms with Crippen molar-refractivity contribution >= 4 is 17.8 Å². The lowest BCUT2D eigenvalue weighted by molar-refractivity contribution is -0.149. The Bertz CT molecular complexity index is 506. The van der Waals surface area contributed by atoms with Crippen molar-refractivity contribution in [2.75, 3.05) is 14.2 Å². The molecule has 1 unspecified atom stereocenters. The lowest BCUT2D eigenvalue weighted by atomic mass is 10.2. The second-order valence-corrected chi connectivity index (χ2v) is 3.51. The predicted molar refractivity (Wildman–Crippen MR) is 61.4 cm³/mol. The molecule has 2 rings (SSSR count). The summed E-state index contributed by atoms with van der Waals surface area (Å²) < 4.78 is 14.4. The van der Waals surface area contributed by atoms with Crippen LogP contribution in [-0.2, 0) is 19.1 Å². The first-order valence-corrected chi connectivity index (χ1v) is 5.17. The number of nitrogens with zero attached hydrogens (tertiary/aromatic N) is 1. The molecular formula is C12H11NO5. The normalized spacial score (nSPS) is 18.0. The van der Waals surface area contributed by atoms with Gasteiger partial charge in [-0.3, -0.25) is 0 Å². The first kappa shape index (κ1) is 12.1. The summed E-state index contributed by atoms with van der Waals surface area (Å²) in [6, 6.07) is 5.55. The Kier molecular flexibility index (Phi) is 3.27. The molecule has 1 aromatic carbocycles. The number of benzene rings is 1. The molecule has 0 aromatic heterocycles. The second-order valence-electron chi connectivity index (χ2n) is 3.51. The van der Waals surface area contributed by atoms with E-state index < -0.39 is 18.0 Å². The number of aliphatic imine (C=N–C) groups is 1. The minimum absolute atomic E-state index is 0.109. The van der Waals surface area contributed by atoms with Crippen molar-refractivity contribution in [2.24, 2.45) is 4.99 Å². The van der Waals surface area contributed by atoms with Gasteiger partial charge >= 0.3 is 11.9 Å². The fourth-order valence-electron chi connectivity index (χ4n) is 1.48. The van der Waals surface area contributed by atoms with Gasteiger partial charge in [-0.2, -0.15) is 0 Å². The maximum absolute atomic E-state index is 11.4. The molecule has 6 heteroatoms. The van der Waals surface area contributed by atoms with Crippen LogP contribution in [-0.4, -0.2) is 38.1 Å². The van der Waals surface area contributed by atoms with Crippen LogP contribution in [0.5, 0.6) is 5.75 Å². The van der Waals surface area contributed by atoms with E-state index in [0.717, 1.165) is 0 Å². The van der Waals surface area contributed by atoms with E-state index in [9.17, 15) is 9.59 Å². The van der Waals surface area contributed by atoms with E-state index in [0.29, 0.717) is 11.3 Å². The first-order chi connectivity index (χ1) is 8.65. The average Bonchev–Trinajstić information content (AvgIpc) is 2.80. The molecule has 0 radical (unpaired) electrons. The molecule has 1 aromatic rings. The zero-order chi connectivity index (χ0) is 13.1. The molecule has 0 saturated heterocycles. The smallest absolute Gasteiger partial charge is 0.349 e. The summed E-state index contributed by atoms with van der Waals surface area (Å²) in [6.07, 6.45) is 0. The fraction of sp³-hybridized carbons (Fsp3) is 0.250. The Labute approximate surface area is 103 Å². The fourth-order valence-corrected chi connectivity index (χ4v) is 1.48. The molecule has 0 aliphatic carbocycles. The van der Waals surface area contributed by atoms with Crippen LogP contribution in [0.2, 0.25) is 0 Å². The third kappa shape index (κ3) is 2.17. The number of hydrogen-bond donors (Lipinski definition) is 0. The van der Waals surface area contributed by atoms with Crippen molar-refractivity contribution in [1.82, 2.24) is 0 Å². The van der Waals surface area contributed by atoms with E-state index >= 15 is 0 Å². The molecule has 1 aliphatic heterocycles. The SMILES string of the molecule is COC(=O)C1N=C(c2ccc(OC)cc2)OC1=O. The van der Waals surface area contributed by atoms with Crippen LogP contribution in [0.25, 0.3) is 0 Å². The predicted octanol–water partition coefficient (Wildman–Crippen LogP) is 0.540. The Balaban J connectivity index is 2.23. The third-order valence-electron chi connectivity index (χ3n) is 2.43. The molecule has 18 heavy (non-hydrogen) atoms. The molecule has 1 atom stereocenters. The number of ether oxygens (including phenoxy) is 3. The Hall–Kier alpha value is -2.37. The lowest BCUT2D eigenvalue weighted by Gasteiger charge is -2.01. The minimum Gasteiger partial charge on any atom is -0.497 e. The van der Waals surface area contributed by atoms with E-state index in [2.05, 4.69) is 9.73 Å². The molecule has 0 N–H and O–H groups in total. The summed E-state index contributed by atoms with van der Waals surface area (Å²) in [5.74, 6) is -0.678. The molecule has 0 fully saturated rings. The minimum atomic E-state index is -1.23. The topological polar surface area (TPSA) is 74.2 Å². The van der Waals surface area contributed by atoms with Gasteiger partial charge in [0.25, 0.3) is 0 Å². The van der Waals surface area contributed by atoms with Gasteiger partial charge in [0, 0.05) is 5.56 Å². The van der Waals surface area contributed by atoms with Crippen molar-refractivity contribution in [3.63, 3.8) is 0 Å². The Morgan fingerprint density at radius 2 is 1.94 bits per heavy atom. The number of carbonyl (C=O) groups excluding carboxylic acids is 2. The average molecular weight is 249 g/mol. The lowest BCUT2D eigenvalue weighted by Crippen LogP contribution is -2.26. The van der Waals surface area contributed by atoms with Crippen LogP contribution >= 0.6 is 0 Å². The summed E-state index contributed by atoms with van der Waals surface area (Å²) in [6.45, 7) is 0. The van der Waals surface area contributed by atoms with Gasteiger partial charge in [-0.05, 0) is 24.3 Å². The molecule has 1 aliphatic rings. The van der Waals surface area contributed by atoms with Crippen molar-refractivity contribution < 1.29 is 23.8 Å². The van der Waals surface area contributed by atoms with Gasteiger partial charge < -0.3 is 14.2 Å². The number of cyclic esters (lactones) is 1. The molecule has 94 valence electrons. The zero-order valence-electron chi connectivity index (χ0n) is 9.88. The molecule has 0 saturated carbocycles. The van der Waals surface area contributed by atoms with E-state index in [4.69, 9.17) is 9.47 Å². The van der Waals surface area contributed by atoms with Crippen LogP contribution in [0.3, 0.4) is 0 Å². The van der Waals surface area contributed by atoms with E-state index in [1.54, 1.807) is 31.4 Å². The monoisotopic (exact) mass is 249 g/mol. The van der Waals surface area contributed by atoms with Crippen LogP contribution < -0.4 is 4.74 Å². The Morgan fingerprint density at radius 3 is 2.50 bits per heavy atom. The highest BCUT2D eigenvalue weighted by Gasteiger charge is 2.36. The number of esters is 2. The molecular weight excluding hydrogens is 238 g/mol. The molecule has 0 amide bonds. The van der Waals surface area contributed by atoms with Crippen molar-refractivity contribution in [1.29, 1.82) is 0 Å². The molecule has 1 heterocycles. The van der Waals surface area contributed by atoms with Gasteiger partial charge in [0.05, 0.1) is 14.2 Å². The first-order valence-electron chi connectivity index (χ1n) is 5.17. The van der Waals surface area contributed by atoms with Gasteiger partial charge in [-0.25, -0.2) is 14.6 Å². The number of hydrogen-bond acceptors (Lipinski definition) is 6. The van der Waals surface area contributed by atoms with Gasteiger partial charge in [0.15, 0.2) is 0 Å². The van der Waals surface area contributed by atoms with Crippen molar-refractivity contribution in [3.05, 3.63) is 29.8 Å². The second kappa shape index (κ2) is 4.87. The van der Waals surface area contributed by atoms with Crippen LogP contribution in [0, 0.1) is 0 Å². The number of carbonyl (C=O) groups is 2. The van der Waals surface area contributed by atoms with Gasteiger partial charge in [-0.15, -0.1) is 0 Å². The maximum atomic E-state index is 11.4. The highest BCUT2D eigenvalue weighted by atomic mass is 16.6. The maximum Gasteiger partial charge on any atom is 0.349 e. The summed E-state index contributed by atoms with van der Waals surface area (Å²) in [5.41, 5.74) is 0.593. The largest absolute Gasteiger partial charge is 0.497 e. The standard InChI is InChI=1S/C12H11NO5/c1-16-8-5-3-7(4-6-8)10-13-9(11(14)17-2)12(15)18-10/h3-6,9H,1-2H3. The number of rotatable bonds is 3. The Morgan fingerprint density at radius 1 is 1.28 bits per heavy atom. The quantitative estimate of drug-likeness (QED) is 0.577. The highest BCUT2D eigenvalue weighted by molar-refractivity contribution is 6.13. The molecule has 0 bridgehead atoms. The third-order valence-corrected chi connectivity index (χ3v) is 2.43. The van der Waals surface area contributed by atoms with Crippen LogP contribution in [0.4, 0.5) is 0 Å². The molecule has 6 nitrogen and oxygen atoms in total. The number of methoxy groups -OCH3 is 2. The van der Waals surface area contributed by atoms with Crippen molar-refractivity contribution in [2.45, 2.75) is 6.04 Å². The van der Waals surface area contributed by atoms with Crippen LogP contribution in [0.1, 0.15) is 5.56 Å². The zero-order valence-corrected chi connectivity index (χ0v) is 9.88. The summed E-state index contributed by atoms with van der Waals surface area (Å²) in [7, 11) is 2.74. The van der Waals surface area contributed by atoms with Crippen molar-refractivity contribution in [3.8, 4) is 5.75 Å². The van der Waals surface area contributed by atoms with E-state index in [-0.39, 0.29) is 5.90 Å². The van der Waals surface area contributed by atoms with Crippen LogP contribution in [0.15, 0.2) is 29.3 Å².